The summed E-state index contributed by atoms with van der Waals surface area (Å²) < 4.78 is 7.13. The lowest BCUT2D eigenvalue weighted by molar-refractivity contribution is 0.0904. The summed E-state index contributed by atoms with van der Waals surface area (Å²) in [5.41, 5.74) is 1.62. The van der Waals surface area contributed by atoms with Gasteiger partial charge in [-0.15, -0.1) is 0 Å². The SMILES string of the molecule is COCCn1c(C(=O)N[C@@H](CO)CCSC)cc2ccccc21. The van der Waals surface area contributed by atoms with Crippen molar-refractivity contribution in [1.29, 1.82) is 0 Å². The molecule has 2 rings (SSSR count). The molecule has 126 valence electrons. The molecule has 6 heteroatoms. The molecule has 0 radical (unpaired) electrons. The van der Waals surface area contributed by atoms with E-state index in [9.17, 15) is 9.90 Å². The van der Waals surface area contributed by atoms with E-state index in [1.807, 2.05) is 41.2 Å². The van der Waals surface area contributed by atoms with Gasteiger partial charge in [-0.2, -0.15) is 11.8 Å². The van der Waals surface area contributed by atoms with Crippen LogP contribution in [0, 0.1) is 0 Å². The first-order chi connectivity index (χ1) is 11.2. The first-order valence-electron chi connectivity index (χ1n) is 7.69. The van der Waals surface area contributed by atoms with Crippen LogP contribution in [0.4, 0.5) is 0 Å². The van der Waals surface area contributed by atoms with Crippen molar-refractivity contribution in [2.45, 2.75) is 19.0 Å². The Morgan fingerprint density at radius 2 is 2.22 bits per heavy atom. The van der Waals surface area contributed by atoms with Crippen molar-refractivity contribution >= 4 is 28.6 Å². The van der Waals surface area contributed by atoms with E-state index < -0.39 is 0 Å². The highest BCUT2D eigenvalue weighted by Crippen LogP contribution is 2.20. The van der Waals surface area contributed by atoms with E-state index in [4.69, 9.17) is 4.74 Å². The molecule has 0 unspecified atom stereocenters. The van der Waals surface area contributed by atoms with Crippen LogP contribution < -0.4 is 5.32 Å². The number of hydrogen-bond acceptors (Lipinski definition) is 4. The largest absolute Gasteiger partial charge is 0.394 e. The Labute approximate surface area is 141 Å². The fourth-order valence-corrected chi connectivity index (χ4v) is 3.07. The molecule has 0 spiro atoms. The maximum Gasteiger partial charge on any atom is 0.268 e. The molecule has 0 aliphatic rings. The van der Waals surface area contributed by atoms with E-state index in [-0.39, 0.29) is 18.6 Å². The quantitative estimate of drug-likeness (QED) is 0.736. The molecule has 1 heterocycles. The zero-order valence-corrected chi connectivity index (χ0v) is 14.4. The second-order valence-corrected chi connectivity index (χ2v) is 6.35. The van der Waals surface area contributed by atoms with Crippen molar-refractivity contribution < 1.29 is 14.6 Å². The van der Waals surface area contributed by atoms with E-state index in [0.29, 0.717) is 18.8 Å². The molecule has 0 bridgehead atoms. The average Bonchev–Trinajstić information content (AvgIpc) is 2.95. The van der Waals surface area contributed by atoms with Crippen LogP contribution >= 0.6 is 11.8 Å². The number of methoxy groups -OCH3 is 1. The molecule has 1 aromatic carbocycles. The number of carbonyl (C=O) groups is 1. The van der Waals surface area contributed by atoms with Gasteiger partial charge in [-0.1, -0.05) is 18.2 Å². The number of fused-ring (bicyclic) bond motifs is 1. The van der Waals surface area contributed by atoms with Gasteiger partial charge >= 0.3 is 0 Å². The molecule has 2 aromatic rings. The number of nitrogens with one attached hydrogen (secondary N) is 1. The number of para-hydroxylation sites is 1. The van der Waals surface area contributed by atoms with Crippen LogP contribution in [0.3, 0.4) is 0 Å². The van der Waals surface area contributed by atoms with E-state index in [0.717, 1.165) is 23.1 Å². The molecular formula is C17H24N2O3S. The van der Waals surface area contributed by atoms with Crippen molar-refractivity contribution in [3.05, 3.63) is 36.0 Å². The Morgan fingerprint density at radius 3 is 2.91 bits per heavy atom. The van der Waals surface area contributed by atoms with Gasteiger partial charge in [0.05, 0.1) is 19.3 Å². The number of thioether (sulfide) groups is 1. The summed E-state index contributed by atoms with van der Waals surface area (Å²) in [5, 5.41) is 13.4. The maximum absolute atomic E-state index is 12.6. The van der Waals surface area contributed by atoms with Crippen LogP contribution in [-0.4, -0.2) is 54.0 Å². The molecule has 1 aromatic heterocycles. The highest BCUT2D eigenvalue weighted by atomic mass is 32.2. The van der Waals surface area contributed by atoms with Crippen LogP contribution in [0.1, 0.15) is 16.9 Å². The third-order valence-electron chi connectivity index (χ3n) is 3.79. The second-order valence-electron chi connectivity index (χ2n) is 5.37. The summed E-state index contributed by atoms with van der Waals surface area (Å²) >= 11 is 1.70. The minimum absolute atomic E-state index is 0.0510. The minimum Gasteiger partial charge on any atom is -0.394 e. The van der Waals surface area contributed by atoms with Crippen molar-refractivity contribution in [2.24, 2.45) is 0 Å². The summed E-state index contributed by atoms with van der Waals surface area (Å²) in [6, 6.07) is 9.58. The standard InChI is InChI=1S/C17H24N2O3S/c1-22-9-8-19-15-6-4-3-5-13(15)11-16(19)17(21)18-14(12-20)7-10-23-2/h3-6,11,14,20H,7-10,12H2,1-2H3,(H,18,21)/t14-/m1/s1. The van der Waals surface area contributed by atoms with Gasteiger partial charge in [0.1, 0.15) is 5.69 Å². The van der Waals surface area contributed by atoms with Crippen molar-refractivity contribution in [3.63, 3.8) is 0 Å². The van der Waals surface area contributed by atoms with E-state index in [2.05, 4.69) is 5.32 Å². The molecule has 23 heavy (non-hydrogen) atoms. The summed E-state index contributed by atoms with van der Waals surface area (Å²) in [7, 11) is 1.65. The number of amides is 1. The van der Waals surface area contributed by atoms with Gasteiger partial charge in [0.15, 0.2) is 0 Å². The molecule has 0 aliphatic heterocycles. The molecule has 0 saturated carbocycles. The highest BCUT2D eigenvalue weighted by Gasteiger charge is 2.18. The number of aliphatic hydroxyl groups is 1. The lowest BCUT2D eigenvalue weighted by atomic mass is 10.2. The van der Waals surface area contributed by atoms with Gasteiger partial charge < -0.3 is 19.7 Å². The third-order valence-corrected chi connectivity index (χ3v) is 4.43. The third kappa shape index (κ3) is 4.50. The number of rotatable bonds is 9. The van der Waals surface area contributed by atoms with Crippen molar-refractivity contribution in [3.8, 4) is 0 Å². The van der Waals surface area contributed by atoms with Crippen LogP contribution in [-0.2, 0) is 11.3 Å². The monoisotopic (exact) mass is 336 g/mol. The zero-order valence-electron chi connectivity index (χ0n) is 13.6. The number of aliphatic hydroxyl groups excluding tert-OH is 1. The van der Waals surface area contributed by atoms with Crippen molar-refractivity contribution in [2.75, 3.05) is 32.3 Å². The summed E-state index contributed by atoms with van der Waals surface area (Å²) in [5.74, 6) is 0.746. The molecule has 0 saturated heterocycles. The number of nitrogens with zero attached hydrogens (tertiary/aromatic N) is 1. The van der Waals surface area contributed by atoms with E-state index >= 15 is 0 Å². The second kappa shape index (κ2) is 8.96. The first-order valence-corrected chi connectivity index (χ1v) is 9.08. The molecule has 0 fully saturated rings. The summed E-state index contributed by atoms with van der Waals surface area (Å²) in [6.45, 7) is 1.10. The number of carbonyl (C=O) groups excluding carboxylic acids is 1. The Hall–Kier alpha value is -1.50. The Morgan fingerprint density at radius 1 is 1.43 bits per heavy atom. The first kappa shape index (κ1) is 17.8. The van der Waals surface area contributed by atoms with Crippen LogP contribution in [0.2, 0.25) is 0 Å². The summed E-state index contributed by atoms with van der Waals surface area (Å²) in [6.07, 6.45) is 2.76. The average molecular weight is 336 g/mol. The molecule has 5 nitrogen and oxygen atoms in total. The highest BCUT2D eigenvalue weighted by molar-refractivity contribution is 7.98. The predicted octanol–water partition coefficient (Wildman–Crippen LogP) is 2.13. The Kier molecular flexibility index (Phi) is 6.95. The van der Waals surface area contributed by atoms with Crippen LogP contribution in [0.15, 0.2) is 30.3 Å². The van der Waals surface area contributed by atoms with Gasteiger partial charge in [0.25, 0.3) is 5.91 Å². The van der Waals surface area contributed by atoms with Crippen LogP contribution in [0.25, 0.3) is 10.9 Å². The fourth-order valence-electron chi connectivity index (χ4n) is 2.55. The number of hydrogen-bond donors (Lipinski definition) is 2. The molecule has 2 N–H and O–H groups in total. The van der Waals surface area contributed by atoms with Crippen molar-refractivity contribution in [1.82, 2.24) is 9.88 Å². The molecule has 0 aliphatic carbocycles. The smallest absolute Gasteiger partial charge is 0.268 e. The number of ether oxygens (including phenoxy) is 1. The van der Waals surface area contributed by atoms with Gasteiger partial charge in [-0.25, -0.2) is 0 Å². The maximum atomic E-state index is 12.6. The topological polar surface area (TPSA) is 63.5 Å². The molecule has 1 amide bonds. The Bertz CT molecular complexity index is 642. The normalized spacial score (nSPS) is 12.5. The fraction of sp³-hybridized carbons (Fsp3) is 0.471. The van der Waals surface area contributed by atoms with E-state index in [1.165, 1.54) is 0 Å². The van der Waals surface area contributed by atoms with Crippen LogP contribution in [0.5, 0.6) is 0 Å². The molecule has 1 atom stereocenters. The van der Waals surface area contributed by atoms with Gasteiger partial charge in [-0.3, -0.25) is 4.79 Å². The zero-order chi connectivity index (χ0) is 16.7. The minimum atomic E-state index is -0.219. The van der Waals surface area contributed by atoms with Gasteiger partial charge in [0, 0.05) is 24.6 Å². The molecular weight excluding hydrogens is 312 g/mol. The lowest BCUT2D eigenvalue weighted by Gasteiger charge is -2.17. The van der Waals surface area contributed by atoms with Gasteiger partial charge in [0.2, 0.25) is 0 Å². The summed E-state index contributed by atoms with van der Waals surface area (Å²) in [4.78, 5) is 12.6. The Balaban J connectivity index is 2.24. The predicted molar refractivity (Wildman–Crippen MR) is 95.2 cm³/mol. The number of benzene rings is 1. The lowest BCUT2D eigenvalue weighted by Crippen LogP contribution is -2.38. The van der Waals surface area contributed by atoms with Gasteiger partial charge in [-0.05, 0) is 30.6 Å². The van der Waals surface area contributed by atoms with E-state index in [1.54, 1.807) is 18.9 Å². The number of aromatic nitrogens is 1.